The van der Waals surface area contributed by atoms with Crippen molar-refractivity contribution in [3.05, 3.63) is 41.5 Å². The maximum atomic E-state index is 2.41. The molecule has 0 saturated carbocycles. The Morgan fingerprint density at radius 2 is 1.93 bits per heavy atom. The first-order valence-corrected chi connectivity index (χ1v) is 6.19. The Labute approximate surface area is 93.0 Å². The Kier molecular flexibility index (Phi) is 3.60. The monoisotopic (exact) mass is 200 g/mol. The van der Waals surface area contributed by atoms with Gasteiger partial charge in [-0.05, 0) is 36.0 Å². The van der Waals surface area contributed by atoms with Gasteiger partial charge in [0.1, 0.15) is 0 Å². The number of rotatable bonds is 5. The van der Waals surface area contributed by atoms with Crippen molar-refractivity contribution in [1.29, 1.82) is 0 Å². The molecule has 0 bridgehead atoms. The Morgan fingerprint density at radius 1 is 1.07 bits per heavy atom. The summed E-state index contributed by atoms with van der Waals surface area (Å²) < 4.78 is 0. The van der Waals surface area contributed by atoms with Gasteiger partial charge in [-0.1, -0.05) is 56.5 Å². The van der Waals surface area contributed by atoms with Gasteiger partial charge >= 0.3 is 0 Å². The number of hydrogen-bond donors (Lipinski definition) is 0. The highest BCUT2D eigenvalue weighted by Gasteiger charge is 2.11. The molecule has 0 aromatic heterocycles. The Morgan fingerprint density at radius 3 is 2.80 bits per heavy atom. The Hall–Kier alpha value is -1.04. The molecule has 1 aliphatic carbocycles. The molecular formula is C15H20. The maximum absolute atomic E-state index is 2.41. The molecule has 0 nitrogen and oxygen atoms in total. The third-order valence-corrected chi connectivity index (χ3v) is 3.23. The van der Waals surface area contributed by atoms with Crippen LogP contribution in [0.15, 0.2) is 30.3 Å². The molecule has 0 unspecified atom stereocenters. The van der Waals surface area contributed by atoms with Crippen LogP contribution in [0.5, 0.6) is 0 Å². The van der Waals surface area contributed by atoms with Gasteiger partial charge in [0.25, 0.3) is 0 Å². The Balaban J connectivity index is 1.90. The zero-order chi connectivity index (χ0) is 10.5. The molecule has 0 N–H and O–H groups in total. The molecule has 80 valence electrons. The van der Waals surface area contributed by atoms with Crippen LogP contribution < -0.4 is 0 Å². The van der Waals surface area contributed by atoms with Gasteiger partial charge in [0.15, 0.2) is 0 Å². The van der Waals surface area contributed by atoms with E-state index in [0.717, 1.165) is 6.42 Å². The van der Waals surface area contributed by atoms with E-state index < -0.39 is 0 Å². The minimum atomic E-state index is 1.15. The summed E-state index contributed by atoms with van der Waals surface area (Å²) in [5, 5.41) is 0. The van der Waals surface area contributed by atoms with Crippen LogP contribution >= 0.6 is 0 Å². The predicted molar refractivity (Wildman–Crippen MR) is 66.9 cm³/mol. The molecule has 0 fully saturated rings. The molecule has 0 radical (unpaired) electrons. The first kappa shape index (κ1) is 10.5. The lowest BCUT2D eigenvalue weighted by molar-refractivity contribution is 0.679. The van der Waals surface area contributed by atoms with Gasteiger partial charge in [-0.25, -0.2) is 0 Å². The van der Waals surface area contributed by atoms with Gasteiger partial charge in [-0.3, -0.25) is 0 Å². The molecule has 0 spiro atoms. The second-order valence-corrected chi connectivity index (χ2v) is 4.40. The van der Waals surface area contributed by atoms with E-state index >= 15 is 0 Å². The van der Waals surface area contributed by atoms with Crippen molar-refractivity contribution in [2.75, 3.05) is 0 Å². The fraction of sp³-hybridized carbons (Fsp3) is 0.467. The number of fused-ring (bicyclic) bond motifs is 1. The third kappa shape index (κ3) is 2.50. The van der Waals surface area contributed by atoms with E-state index in [1.807, 2.05) is 0 Å². The van der Waals surface area contributed by atoms with Crippen LogP contribution in [0.1, 0.15) is 50.2 Å². The predicted octanol–water partition coefficient (Wildman–Crippen LogP) is 4.60. The van der Waals surface area contributed by atoms with E-state index in [1.165, 1.54) is 43.2 Å². The SMILES string of the molecule is CCCCCCC1=CCc2ccccc21. The quantitative estimate of drug-likeness (QED) is 0.609. The number of hydrogen-bond acceptors (Lipinski definition) is 0. The third-order valence-electron chi connectivity index (χ3n) is 3.23. The topological polar surface area (TPSA) is 0 Å². The largest absolute Gasteiger partial charge is 0.0763 e. The molecular weight excluding hydrogens is 180 g/mol. The molecule has 0 aliphatic heterocycles. The maximum Gasteiger partial charge on any atom is -0.00854 e. The summed E-state index contributed by atoms with van der Waals surface area (Å²) in [6, 6.07) is 8.83. The number of benzene rings is 1. The van der Waals surface area contributed by atoms with Crippen LogP contribution in [-0.2, 0) is 6.42 Å². The van der Waals surface area contributed by atoms with Crippen LogP contribution in [0.2, 0.25) is 0 Å². The van der Waals surface area contributed by atoms with Crippen molar-refractivity contribution in [2.45, 2.75) is 45.4 Å². The first-order valence-electron chi connectivity index (χ1n) is 6.19. The van der Waals surface area contributed by atoms with E-state index in [4.69, 9.17) is 0 Å². The van der Waals surface area contributed by atoms with Crippen molar-refractivity contribution >= 4 is 5.57 Å². The number of unbranched alkanes of at least 4 members (excludes halogenated alkanes) is 3. The second-order valence-electron chi connectivity index (χ2n) is 4.40. The van der Waals surface area contributed by atoms with Crippen LogP contribution in [0.4, 0.5) is 0 Å². The van der Waals surface area contributed by atoms with Crippen molar-refractivity contribution < 1.29 is 0 Å². The van der Waals surface area contributed by atoms with Crippen molar-refractivity contribution in [3.63, 3.8) is 0 Å². The van der Waals surface area contributed by atoms with Gasteiger partial charge in [-0.2, -0.15) is 0 Å². The zero-order valence-electron chi connectivity index (χ0n) is 9.63. The zero-order valence-corrected chi connectivity index (χ0v) is 9.63. The summed E-state index contributed by atoms with van der Waals surface area (Å²) in [4.78, 5) is 0. The van der Waals surface area contributed by atoms with Gasteiger partial charge < -0.3 is 0 Å². The lowest BCUT2D eigenvalue weighted by Crippen LogP contribution is -1.84. The lowest BCUT2D eigenvalue weighted by atomic mass is 10.0. The van der Waals surface area contributed by atoms with Crippen LogP contribution in [0, 0.1) is 0 Å². The highest BCUT2D eigenvalue weighted by atomic mass is 14.2. The van der Waals surface area contributed by atoms with Crippen LogP contribution in [0.3, 0.4) is 0 Å². The lowest BCUT2D eigenvalue weighted by Gasteiger charge is -2.05. The first-order chi connectivity index (χ1) is 7.42. The van der Waals surface area contributed by atoms with Crippen LogP contribution in [0.25, 0.3) is 5.57 Å². The highest BCUT2D eigenvalue weighted by molar-refractivity contribution is 5.72. The molecule has 1 aliphatic rings. The van der Waals surface area contributed by atoms with Crippen molar-refractivity contribution in [3.8, 4) is 0 Å². The average molecular weight is 200 g/mol. The standard InChI is InChI=1S/C15H20/c1-2-3-4-5-8-13-11-12-14-9-6-7-10-15(13)14/h6-7,9-11H,2-5,8,12H2,1H3. The second kappa shape index (κ2) is 5.16. The van der Waals surface area contributed by atoms with E-state index in [-0.39, 0.29) is 0 Å². The molecule has 0 amide bonds. The summed E-state index contributed by atoms with van der Waals surface area (Å²) in [5.41, 5.74) is 4.61. The summed E-state index contributed by atoms with van der Waals surface area (Å²) >= 11 is 0. The highest BCUT2D eigenvalue weighted by Crippen LogP contribution is 2.30. The smallest absolute Gasteiger partial charge is 0.00854 e. The van der Waals surface area contributed by atoms with Gasteiger partial charge in [0.2, 0.25) is 0 Å². The van der Waals surface area contributed by atoms with E-state index in [9.17, 15) is 0 Å². The van der Waals surface area contributed by atoms with Crippen molar-refractivity contribution in [2.24, 2.45) is 0 Å². The molecule has 0 heterocycles. The van der Waals surface area contributed by atoms with Gasteiger partial charge in [0, 0.05) is 0 Å². The van der Waals surface area contributed by atoms with E-state index in [0.29, 0.717) is 0 Å². The summed E-state index contributed by atoms with van der Waals surface area (Å²) in [6.07, 6.45) is 10.3. The summed E-state index contributed by atoms with van der Waals surface area (Å²) in [6.45, 7) is 2.27. The Bertz CT molecular complexity index is 347. The summed E-state index contributed by atoms with van der Waals surface area (Å²) in [7, 11) is 0. The average Bonchev–Trinajstić information content (AvgIpc) is 2.68. The summed E-state index contributed by atoms with van der Waals surface area (Å²) in [5.74, 6) is 0. The van der Waals surface area contributed by atoms with Crippen LogP contribution in [-0.4, -0.2) is 0 Å². The fourth-order valence-electron chi connectivity index (χ4n) is 2.33. The molecule has 0 saturated heterocycles. The molecule has 15 heavy (non-hydrogen) atoms. The minimum Gasteiger partial charge on any atom is -0.0763 e. The molecule has 0 atom stereocenters. The number of allylic oxidation sites excluding steroid dienone is 2. The molecule has 1 aromatic carbocycles. The van der Waals surface area contributed by atoms with E-state index in [2.05, 4.69) is 37.3 Å². The molecule has 2 rings (SSSR count). The molecule has 0 heteroatoms. The minimum absolute atomic E-state index is 1.15. The van der Waals surface area contributed by atoms with Gasteiger partial charge in [-0.15, -0.1) is 0 Å². The normalized spacial score (nSPS) is 13.8. The van der Waals surface area contributed by atoms with Crippen molar-refractivity contribution in [1.82, 2.24) is 0 Å². The fourth-order valence-corrected chi connectivity index (χ4v) is 2.33. The van der Waals surface area contributed by atoms with E-state index in [1.54, 1.807) is 5.57 Å². The molecule has 1 aromatic rings. The van der Waals surface area contributed by atoms with Gasteiger partial charge in [0.05, 0.1) is 0 Å².